The van der Waals surface area contributed by atoms with E-state index in [-0.39, 0.29) is 5.92 Å². The van der Waals surface area contributed by atoms with E-state index >= 15 is 0 Å². The number of aromatic nitrogens is 2. The van der Waals surface area contributed by atoms with Gasteiger partial charge in [0.25, 0.3) is 0 Å². The van der Waals surface area contributed by atoms with E-state index in [2.05, 4.69) is 28.3 Å². The van der Waals surface area contributed by atoms with Crippen LogP contribution < -0.4 is 0 Å². The summed E-state index contributed by atoms with van der Waals surface area (Å²) in [6.07, 6.45) is 6.94. The van der Waals surface area contributed by atoms with Crippen molar-refractivity contribution in [1.29, 1.82) is 0 Å². The molecule has 2 aliphatic rings. The van der Waals surface area contributed by atoms with Crippen molar-refractivity contribution < 1.29 is 9.90 Å². The molecule has 1 fully saturated rings. The van der Waals surface area contributed by atoms with E-state index in [1.54, 1.807) is 6.20 Å². The van der Waals surface area contributed by atoms with E-state index in [1.165, 1.54) is 25.9 Å². The smallest absolute Gasteiger partial charge is 0.312 e. The number of piperidine rings is 1. The summed E-state index contributed by atoms with van der Waals surface area (Å²) >= 11 is 0. The molecule has 5 nitrogen and oxygen atoms in total. The highest BCUT2D eigenvalue weighted by Crippen LogP contribution is 2.30. The maximum Gasteiger partial charge on any atom is 0.312 e. The number of hydrogen-bond acceptors (Lipinski definition) is 3. The average molecular weight is 305 g/mol. The predicted octanol–water partition coefficient (Wildman–Crippen LogP) is 2.51. The molecule has 2 aliphatic heterocycles. The van der Waals surface area contributed by atoms with Crippen LogP contribution in [0, 0.1) is 5.92 Å². The van der Waals surface area contributed by atoms with E-state index in [4.69, 9.17) is 0 Å². The number of carboxylic acid groups (broad SMARTS) is 1. The normalized spacial score (nSPS) is 23.7. The van der Waals surface area contributed by atoms with Gasteiger partial charge < -0.3 is 14.6 Å². The molecule has 3 heterocycles. The summed E-state index contributed by atoms with van der Waals surface area (Å²) in [5, 5.41) is 9.35. The van der Waals surface area contributed by atoms with Gasteiger partial charge in [0.2, 0.25) is 0 Å². The van der Waals surface area contributed by atoms with E-state index < -0.39 is 5.97 Å². The van der Waals surface area contributed by atoms with Crippen LogP contribution in [0.1, 0.15) is 57.0 Å². The molecule has 1 atom stereocenters. The fraction of sp³-hybridized carbons (Fsp3) is 0.765. The molecule has 5 heteroatoms. The first-order chi connectivity index (χ1) is 10.6. The Bertz CT molecular complexity index is 530. The van der Waals surface area contributed by atoms with E-state index in [1.807, 2.05) is 0 Å². The molecule has 22 heavy (non-hydrogen) atoms. The standard InChI is InChI=1S/C17H27N3O2/c1-12(2)19-8-5-13(6-9-19)10-16-18-11-15-14(17(21)22)4-3-7-20(15)16/h11-14H,3-10H2,1-2H3,(H,21,22). The van der Waals surface area contributed by atoms with Gasteiger partial charge in [-0.2, -0.15) is 0 Å². The van der Waals surface area contributed by atoms with E-state index in [0.717, 1.165) is 37.3 Å². The third kappa shape index (κ3) is 3.05. The van der Waals surface area contributed by atoms with Gasteiger partial charge in [-0.3, -0.25) is 4.79 Å². The lowest BCUT2D eigenvalue weighted by Crippen LogP contribution is -2.39. The van der Waals surface area contributed by atoms with Gasteiger partial charge in [0.15, 0.2) is 0 Å². The molecule has 3 rings (SSSR count). The van der Waals surface area contributed by atoms with E-state index in [9.17, 15) is 9.90 Å². The molecule has 0 aliphatic carbocycles. The van der Waals surface area contributed by atoms with Gasteiger partial charge in [-0.1, -0.05) is 0 Å². The zero-order chi connectivity index (χ0) is 15.7. The van der Waals surface area contributed by atoms with Crippen molar-refractivity contribution in [2.45, 2.75) is 64.5 Å². The number of rotatable bonds is 4. The molecule has 0 saturated carbocycles. The second-order valence-electron chi connectivity index (χ2n) is 7.06. The summed E-state index contributed by atoms with van der Waals surface area (Å²) in [7, 11) is 0. The summed E-state index contributed by atoms with van der Waals surface area (Å²) in [4.78, 5) is 18.5. The average Bonchev–Trinajstić information content (AvgIpc) is 2.91. The van der Waals surface area contributed by atoms with Gasteiger partial charge in [-0.15, -0.1) is 0 Å². The Morgan fingerprint density at radius 3 is 2.68 bits per heavy atom. The van der Waals surface area contributed by atoms with Crippen LogP contribution in [0.15, 0.2) is 6.20 Å². The van der Waals surface area contributed by atoms with Crippen LogP contribution in [-0.2, 0) is 17.8 Å². The van der Waals surface area contributed by atoms with Crippen LogP contribution in [0.25, 0.3) is 0 Å². The third-order valence-corrected chi connectivity index (χ3v) is 5.35. The molecule has 0 radical (unpaired) electrons. The summed E-state index contributed by atoms with van der Waals surface area (Å²) in [6, 6.07) is 0.636. The van der Waals surface area contributed by atoms with Gasteiger partial charge in [0.05, 0.1) is 11.6 Å². The summed E-state index contributed by atoms with van der Waals surface area (Å²) in [5.74, 6) is 0.714. The van der Waals surface area contributed by atoms with Crippen molar-refractivity contribution in [2.24, 2.45) is 5.92 Å². The lowest BCUT2D eigenvalue weighted by molar-refractivity contribution is -0.139. The van der Waals surface area contributed by atoms with E-state index in [0.29, 0.717) is 12.0 Å². The Balaban J connectivity index is 1.66. The van der Waals surface area contributed by atoms with Crippen molar-refractivity contribution in [3.63, 3.8) is 0 Å². The van der Waals surface area contributed by atoms with Crippen LogP contribution in [0.2, 0.25) is 0 Å². The molecule has 0 amide bonds. The first kappa shape index (κ1) is 15.5. The topological polar surface area (TPSA) is 58.4 Å². The molecule has 0 aromatic carbocycles. The molecule has 0 spiro atoms. The molecule has 122 valence electrons. The Hall–Kier alpha value is -1.36. The van der Waals surface area contributed by atoms with Crippen molar-refractivity contribution >= 4 is 5.97 Å². The van der Waals surface area contributed by atoms with Crippen LogP contribution >= 0.6 is 0 Å². The Labute approximate surface area is 132 Å². The predicted molar refractivity (Wildman–Crippen MR) is 85.0 cm³/mol. The Morgan fingerprint density at radius 1 is 1.32 bits per heavy atom. The second kappa shape index (κ2) is 6.41. The molecular weight excluding hydrogens is 278 g/mol. The summed E-state index contributed by atoms with van der Waals surface area (Å²) in [6.45, 7) is 7.80. The molecule has 1 unspecified atom stereocenters. The zero-order valence-electron chi connectivity index (χ0n) is 13.7. The first-order valence-corrected chi connectivity index (χ1v) is 8.57. The highest BCUT2D eigenvalue weighted by Gasteiger charge is 2.30. The number of hydrogen-bond donors (Lipinski definition) is 1. The number of likely N-dealkylation sites (tertiary alicyclic amines) is 1. The first-order valence-electron chi connectivity index (χ1n) is 8.57. The fourth-order valence-electron chi connectivity index (χ4n) is 3.91. The van der Waals surface area contributed by atoms with Gasteiger partial charge in [-0.05, 0) is 58.5 Å². The number of nitrogens with zero attached hydrogens (tertiary/aromatic N) is 3. The van der Waals surface area contributed by atoms with Gasteiger partial charge in [0.1, 0.15) is 5.82 Å². The largest absolute Gasteiger partial charge is 0.481 e. The lowest BCUT2D eigenvalue weighted by atomic mass is 9.92. The maximum atomic E-state index is 11.4. The van der Waals surface area contributed by atoms with Crippen molar-refractivity contribution in [2.75, 3.05) is 13.1 Å². The molecule has 1 aromatic rings. The minimum Gasteiger partial charge on any atom is -0.481 e. The molecule has 1 N–H and O–H groups in total. The van der Waals surface area contributed by atoms with Crippen LogP contribution in [0.3, 0.4) is 0 Å². The Morgan fingerprint density at radius 2 is 2.05 bits per heavy atom. The molecular formula is C17H27N3O2. The van der Waals surface area contributed by atoms with Crippen LogP contribution in [-0.4, -0.2) is 44.7 Å². The third-order valence-electron chi connectivity index (χ3n) is 5.35. The molecule has 1 saturated heterocycles. The van der Waals surface area contributed by atoms with Crippen molar-refractivity contribution in [3.8, 4) is 0 Å². The number of carbonyl (C=O) groups is 1. The fourth-order valence-corrected chi connectivity index (χ4v) is 3.91. The zero-order valence-corrected chi connectivity index (χ0v) is 13.7. The van der Waals surface area contributed by atoms with Crippen molar-refractivity contribution in [1.82, 2.24) is 14.5 Å². The van der Waals surface area contributed by atoms with Gasteiger partial charge >= 0.3 is 5.97 Å². The lowest BCUT2D eigenvalue weighted by Gasteiger charge is -2.34. The van der Waals surface area contributed by atoms with Gasteiger partial charge in [-0.25, -0.2) is 4.98 Å². The summed E-state index contributed by atoms with van der Waals surface area (Å²) in [5.41, 5.74) is 0.911. The molecule has 1 aromatic heterocycles. The SMILES string of the molecule is CC(C)N1CCC(Cc2ncc3n2CCCC3C(=O)O)CC1. The highest BCUT2D eigenvalue weighted by molar-refractivity contribution is 5.75. The quantitative estimate of drug-likeness (QED) is 0.928. The van der Waals surface area contributed by atoms with Crippen LogP contribution in [0.5, 0.6) is 0 Å². The monoisotopic (exact) mass is 305 g/mol. The minimum absolute atomic E-state index is 0.363. The van der Waals surface area contributed by atoms with Crippen LogP contribution in [0.4, 0.5) is 0 Å². The van der Waals surface area contributed by atoms with Crippen molar-refractivity contribution in [3.05, 3.63) is 17.7 Å². The number of carboxylic acids is 1. The summed E-state index contributed by atoms with van der Waals surface area (Å²) < 4.78 is 2.18. The Kier molecular flexibility index (Phi) is 4.52. The molecule has 0 bridgehead atoms. The number of aliphatic carboxylic acids is 1. The minimum atomic E-state index is -0.711. The highest BCUT2D eigenvalue weighted by atomic mass is 16.4. The number of imidazole rings is 1. The maximum absolute atomic E-state index is 11.4. The second-order valence-corrected chi connectivity index (χ2v) is 7.06. The van der Waals surface area contributed by atoms with Gasteiger partial charge in [0, 0.05) is 25.2 Å². The number of fused-ring (bicyclic) bond motifs is 1.